The fourth-order valence-corrected chi connectivity index (χ4v) is 44.3. The summed E-state index contributed by atoms with van der Waals surface area (Å²) in [6, 6.07) is 0. The molecule has 0 spiro atoms. The van der Waals surface area contributed by atoms with Gasteiger partial charge in [-0.1, -0.05) is 67.7 Å². The summed E-state index contributed by atoms with van der Waals surface area (Å²) >= 11 is 0. The van der Waals surface area contributed by atoms with Crippen LogP contribution in [-0.4, -0.2) is 27.8 Å². The monoisotopic (exact) mass is 324 g/mol. The molecule has 3 heteroatoms. The van der Waals surface area contributed by atoms with E-state index in [1.165, 1.54) is 0 Å². The Morgan fingerprint density at radius 1 is 0.650 bits per heavy atom. The Labute approximate surface area is 130 Å². The Hall–Kier alpha value is 0.261. The van der Waals surface area contributed by atoms with Gasteiger partial charge in [-0.2, -0.15) is 0 Å². The highest BCUT2D eigenvalue weighted by Gasteiger charge is 2.52. The molecule has 0 nitrogen and oxygen atoms in total. The number of hydrogen-bond acceptors (Lipinski definition) is 0. The summed E-state index contributed by atoms with van der Waals surface area (Å²) in [6.45, 7) is 30.5. The molecule has 1 rings (SSSR count). The van der Waals surface area contributed by atoms with E-state index in [4.69, 9.17) is 0 Å². The molecule has 1 aliphatic carbocycles. The van der Waals surface area contributed by atoms with E-state index in [1.54, 1.807) is 11.1 Å². The second kappa shape index (κ2) is 4.88. The standard InChI is InChI=1S/C17H36Si3/c1-13-14(2)15(13)18(19(9,10)16(3,4)5)20(11,12)17(6,7)8/h1-12H3. The number of allylic oxidation sites excluding steroid dienone is 2. The molecule has 0 aromatic carbocycles. The molecule has 0 unspecified atom stereocenters. The SMILES string of the molecule is CC1=C(C)C1=[Si]([Si](C)(C)C(C)(C)C)[Si](C)(C)C(C)(C)C. The van der Waals surface area contributed by atoms with E-state index in [0.29, 0.717) is 10.1 Å². The van der Waals surface area contributed by atoms with Gasteiger partial charge in [0.15, 0.2) is 0 Å². The van der Waals surface area contributed by atoms with Crippen LogP contribution in [0.5, 0.6) is 0 Å². The lowest BCUT2D eigenvalue weighted by Crippen LogP contribution is -2.65. The van der Waals surface area contributed by atoms with Crippen LogP contribution in [0.4, 0.5) is 0 Å². The van der Waals surface area contributed by atoms with Crippen molar-refractivity contribution in [1.82, 2.24) is 0 Å². The first-order valence-corrected chi connectivity index (χ1v) is 17.5. The van der Waals surface area contributed by atoms with Gasteiger partial charge < -0.3 is 0 Å². The van der Waals surface area contributed by atoms with Crippen molar-refractivity contribution >= 4 is 27.8 Å². The van der Waals surface area contributed by atoms with E-state index >= 15 is 0 Å². The van der Waals surface area contributed by atoms with E-state index < -0.39 is 22.6 Å². The lowest BCUT2D eigenvalue weighted by atomic mass is 10.2. The maximum atomic E-state index is 2.69. The predicted molar refractivity (Wildman–Crippen MR) is 104 cm³/mol. The molecular formula is C17H36Si3. The molecule has 0 aliphatic heterocycles. The largest absolute Gasteiger partial charge is 0.0687 e. The first kappa shape index (κ1) is 18.3. The van der Waals surface area contributed by atoms with E-state index in [1.807, 2.05) is 5.17 Å². The molecule has 0 fully saturated rings. The summed E-state index contributed by atoms with van der Waals surface area (Å²) in [5.74, 6) is 0. The lowest BCUT2D eigenvalue weighted by Gasteiger charge is -2.49. The third-order valence-corrected chi connectivity index (χ3v) is 42.5. The van der Waals surface area contributed by atoms with Crippen LogP contribution in [-0.2, 0) is 0 Å². The Morgan fingerprint density at radius 3 is 1.05 bits per heavy atom. The quantitative estimate of drug-likeness (QED) is 0.566. The molecule has 0 bridgehead atoms. The molecule has 20 heavy (non-hydrogen) atoms. The zero-order valence-corrected chi connectivity index (χ0v) is 19.0. The summed E-state index contributed by atoms with van der Waals surface area (Å²) in [4.78, 5) is 0. The van der Waals surface area contributed by atoms with Crippen molar-refractivity contribution in [3.8, 4) is 0 Å². The topological polar surface area (TPSA) is 0 Å². The van der Waals surface area contributed by atoms with Crippen molar-refractivity contribution in [2.75, 3.05) is 0 Å². The van der Waals surface area contributed by atoms with E-state index in [-0.39, 0.29) is 0 Å². The summed E-state index contributed by atoms with van der Waals surface area (Å²) in [5.41, 5.74) is 3.35. The normalized spacial score (nSPS) is 17.7. The average Bonchev–Trinajstić information content (AvgIpc) is 2.71. The van der Waals surface area contributed by atoms with Crippen LogP contribution in [0.1, 0.15) is 55.4 Å². The fourth-order valence-electron chi connectivity index (χ4n) is 2.94. The maximum absolute atomic E-state index is 2.69. The van der Waals surface area contributed by atoms with E-state index in [9.17, 15) is 0 Å². The van der Waals surface area contributed by atoms with Gasteiger partial charge in [-0.3, -0.25) is 0 Å². The molecular weight excluding hydrogens is 288 g/mol. The van der Waals surface area contributed by atoms with Crippen LogP contribution in [0.3, 0.4) is 0 Å². The highest BCUT2D eigenvalue weighted by molar-refractivity contribution is 7.63. The van der Waals surface area contributed by atoms with Crippen molar-refractivity contribution in [1.29, 1.82) is 0 Å². The fraction of sp³-hybridized carbons (Fsp3) is 0.824. The van der Waals surface area contributed by atoms with Gasteiger partial charge in [0.25, 0.3) is 0 Å². The molecule has 0 saturated carbocycles. The molecule has 1 aliphatic rings. The van der Waals surface area contributed by atoms with Gasteiger partial charge >= 0.3 is 0 Å². The Morgan fingerprint density at radius 2 is 0.900 bits per heavy atom. The van der Waals surface area contributed by atoms with Crippen LogP contribution in [0.25, 0.3) is 0 Å². The maximum Gasteiger partial charge on any atom is 0.0612 e. The van der Waals surface area contributed by atoms with Gasteiger partial charge in [0.2, 0.25) is 0 Å². The van der Waals surface area contributed by atoms with Crippen LogP contribution in [0, 0.1) is 0 Å². The zero-order chi connectivity index (χ0) is 16.3. The van der Waals surface area contributed by atoms with Crippen LogP contribution < -0.4 is 0 Å². The minimum atomic E-state index is -1.28. The molecule has 0 amide bonds. The number of hydrogen-bond donors (Lipinski definition) is 0. The zero-order valence-electron chi connectivity index (χ0n) is 16.0. The molecule has 0 heterocycles. The highest BCUT2D eigenvalue weighted by atomic mass is 29.6. The van der Waals surface area contributed by atoms with Crippen molar-refractivity contribution in [3.63, 3.8) is 0 Å². The Balaban J connectivity index is 3.56. The van der Waals surface area contributed by atoms with Crippen molar-refractivity contribution < 1.29 is 0 Å². The third-order valence-electron chi connectivity index (χ3n) is 6.50. The lowest BCUT2D eigenvalue weighted by molar-refractivity contribution is 0.728. The van der Waals surface area contributed by atoms with E-state index in [0.717, 1.165) is 0 Å². The molecule has 0 aromatic rings. The summed E-state index contributed by atoms with van der Waals surface area (Å²) in [7, 11) is -2.95. The number of rotatable bonds is 2. The second-order valence-corrected chi connectivity index (χ2v) is 32.5. The van der Waals surface area contributed by atoms with Crippen molar-refractivity contribution in [3.05, 3.63) is 11.1 Å². The first-order valence-electron chi connectivity index (χ1n) is 8.00. The van der Waals surface area contributed by atoms with Crippen molar-refractivity contribution in [2.24, 2.45) is 0 Å². The molecule has 116 valence electrons. The molecule has 0 aromatic heterocycles. The predicted octanol–water partition coefficient (Wildman–Crippen LogP) is 5.76. The summed E-state index contributed by atoms with van der Waals surface area (Å²) < 4.78 is 0. The highest BCUT2D eigenvalue weighted by Crippen LogP contribution is 2.46. The average molecular weight is 325 g/mol. The first-order chi connectivity index (χ1) is 8.57. The minimum Gasteiger partial charge on any atom is -0.0687 e. The van der Waals surface area contributed by atoms with Gasteiger partial charge in [0.05, 0.1) is 15.2 Å². The van der Waals surface area contributed by atoms with Gasteiger partial charge in [-0.15, -0.1) is 0 Å². The smallest absolute Gasteiger partial charge is 0.0612 e. The van der Waals surface area contributed by atoms with Crippen LogP contribution >= 0.6 is 0 Å². The van der Waals surface area contributed by atoms with Crippen LogP contribution in [0.2, 0.25) is 36.3 Å². The van der Waals surface area contributed by atoms with E-state index in [2.05, 4.69) is 81.6 Å². The van der Waals surface area contributed by atoms with Gasteiger partial charge in [0, 0.05) is 7.44 Å². The third kappa shape index (κ3) is 2.78. The Bertz CT molecular complexity index is 435. The second-order valence-electron chi connectivity index (χ2n) is 9.75. The van der Waals surface area contributed by atoms with Crippen molar-refractivity contribution in [2.45, 2.75) is 91.7 Å². The van der Waals surface area contributed by atoms with Gasteiger partial charge in [-0.05, 0) is 40.2 Å². The van der Waals surface area contributed by atoms with Crippen LogP contribution in [0.15, 0.2) is 11.1 Å². The summed E-state index contributed by atoms with van der Waals surface area (Å²) in [6.07, 6.45) is 0. The Kier molecular flexibility index (Phi) is 4.47. The molecule has 0 radical (unpaired) electrons. The van der Waals surface area contributed by atoms with Gasteiger partial charge in [0.1, 0.15) is 0 Å². The minimum absolute atomic E-state index is 0.395. The molecule has 0 N–H and O–H groups in total. The summed E-state index contributed by atoms with van der Waals surface area (Å²) in [5, 5.41) is 2.90. The van der Waals surface area contributed by atoms with Gasteiger partial charge in [-0.25, -0.2) is 0 Å². The molecule has 0 saturated heterocycles. The molecule has 0 atom stereocenters.